The third kappa shape index (κ3) is 14.8. The number of halogens is 2. The van der Waals surface area contributed by atoms with E-state index in [2.05, 4.69) is 24.1 Å². The van der Waals surface area contributed by atoms with Crippen LogP contribution in [0.25, 0.3) is 0 Å². The molecule has 45 heavy (non-hydrogen) atoms. The number of hydrogen-bond acceptors (Lipinski definition) is 8. The van der Waals surface area contributed by atoms with Gasteiger partial charge >= 0.3 is 5.97 Å². The van der Waals surface area contributed by atoms with Crippen LogP contribution in [0.1, 0.15) is 130 Å². The molecule has 0 aromatic rings. The number of aliphatic hydroxyl groups excluding tert-OH is 2. The monoisotopic (exact) mass is 698 g/mol. The molecule has 9 atom stereocenters. The standard InChI is InChI=1S/C34H63ClN2O6S.ClH/c1-6-8-9-10-11-12-13-14-15-16-17-18-19-21-27(38)42-32-30(40)29(39)31(43-34(32)44-5)28(24(3)35)36-33(41)26-22-25(20-7-2)23-37(26)4;/h24-26,28-32,34,39-40H,6-23H2,1-5H3,(H,36,41);1H/t24-,25-,26+,28-,29-,30+,31-,32-,34-;/m1./s1. The Bertz CT molecular complexity index is 811. The van der Waals surface area contributed by atoms with Gasteiger partial charge in [0.25, 0.3) is 0 Å². The molecular formula is C34H64Cl2N2O6S. The van der Waals surface area contributed by atoms with E-state index in [9.17, 15) is 19.8 Å². The van der Waals surface area contributed by atoms with Gasteiger partial charge in [-0.25, -0.2) is 0 Å². The Morgan fingerprint density at radius 3 is 2.02 bits per heavy atom. The van der Waals surface area contributed by atoms with Crippen LogP contribution in [0.2, 0.25) is 0 Å². The number of amides is 1. The largest absolute Gasteiger partial charge is 0.456 e. The maximum absolute atomic E-state index is 13.3. The zero-order valence-corrected chi connectivity index (χ0v) is 31.0. The number of nitrogens with zero attached hydrogens (tertiary/aromatic N) is 1. The van der Waals surface area contributed by atoms with Crippen LogP contribution in [0.5, 0.6) is 0 Å². The lowest BCUT2D eigenvalue weighted by Crippen LogP contribution is -2.65. The normalized spacial score (nSPS) is 28.3. The van der Waals surface area contributed by atoms with Gasteiger partial charge < -0.3 is 25.0 Å². The molecule has 2 saturated heterocycles. The maximum atomic E-state index is 13.3. The van der Waals surface area contributed by atoms with E-state index in [-0.39, 0.29) is 30.8 Å². The second kappa shape index (κ2) is 23.9. The van der Waals surface area contributed by atoms with Gasteiger partial charge in [0.05, 0.1) is 17.5 Å². The van der Waals surface area contributed by atoms with E-state index in [1.807, 2.05) is 7.05 Å². The number of likely N-dealkylation sites (N-methyl/N-ethyl adjacent to an activating group) is 1. The first-order chi connectivity index (χ1) is 21.1. The number of nitrogens with one attached hydrogen (secondary N) is 1. The number of rotatable bonds is 22. The maximum Gasteiger partial charge on any atom is 0.306 e. The molecule has 0 spiro atoms. The van der Waals surface area contributed by atoms with Crippen LogP contribution in [-0.2, 0) is 19.1 Å². The number of carbonyl (C=O) groups is 2. The number of likely N-dealkylation sites (tertiary alicyclic amines) is 1. The number of alkyl halides is 1. The number of unbranched alkanes of at least 4 members (excludes halogenated alkanes) is 12. The smallest absolute Gasteiger partial charge is 0.306 e. The molecule has 266 valence electrons. The molecule has 11 heteroatoms. The number of esters is 1. The number of hydrogen-bond donors (Lipinski definition) is 3. The lowest BCUT2D eigenvalue weighted by Gasteiger charge is -2.45. The fraction of sp³-hybridized carbons (Fsp3) is 0.941. The molecule has 0 radical (unpaired) electrons. The summed E-state index contributed by atoms with van der Waals surface area (Å²) in [5.41, 5.74) is -0.702. The Balaban J connectivity index is 0.0000101. The van der Waals surface area contributed by atoms with Crippen LogP contribution in [0, 0.1) is 5.92 Å². The molecule has 0 aromatic heterocycles. The Hall–Kier alpha value is -0.290. The van der Waals surface area contributed by atoms with Gasteiger partial charge in [0.15, 0.2) is 6.10 Å². The van der Waals surface area contributed by atoms with E-state index < -0.39 is 47.2 Å². The summed E-state index contributed by atoms with van der Waals surface area (Å²) in [4.78, 5) is 28.0. The van der Waals surface area contributed by atoms with Crippen LogP contribution in [0.4, 0.5) is 0 Å². The van der Waals surface area contributed by atoms with Crippen LogP contribution in [-0.4, -0.2) is 94.2 Å². The highest BCUT2D eigenvalue weighted by Crippen LogP contribution is 2.33. The van der Waals surface area contributed by atoms with Gasteiger partial charge in [0, 0.05) is 13.0 Å². The van der Waals surface area contributed by atoms with Gasteiger partial charge in [-0.15, -0.1) is 35.8 Å². The molecule has 2 aliphatic rings. The van der Waals surface area contributed by atoms with Crippen molar-refractivity contribution in [3.8, 4) is 0 Å². The summed E-state index contributed by atoms with van der Waals surface area (Å²) in [5, 5.41) is 24.6. The zero-order chi connectivity index (χ0) is 32.5. The van der Waals surface area contributed by atoms with Crippen LogP contribution in [0.15, 0.2) is 0 Å². The first-order valence-corrected chi connectivity index (χ1v) is 19.2. The highest BCUT2D eigenvalue weighted by molar-refractivity contribution is 7.99. The summed E-state index contributed by atoms with van der Waals surface area (Å²) < 4.78 is 11.9. The van der Waals surface area contributed by atoms with E-state index in [1.165, 1.54) is 76.0 Å². The van der Waals surface area contributed by atoms with Gasteiger partial charge in [-0.05, 0) is 45.4 Å². The molecule has 2 rings (SSSR count). The first-order valence-electron chi connectivity index (χ1n) is 17.5. The number of ether oxygens (including phenoxy) is 2. The van der Waals surface area contributed by atoms with Crippen LogP contribution < -0.4 is 5.32 Å². The number of aliphatic hydroxyl groups is 2. The van der Waals surface area contributed by atoms with Crippen molar-refractivity contribution in [1.29, 1.82) is 0 Å². The topological polar surface area (TPSA) is 108 Å². The van der Waals surface area contributed by atoms with Crippen molar-refractivity contribution in [3.63, 3.8) is 0 Å². The molecule has 0 unspecified atom stereocenters. The second-order valence-corrected chi connectivity index (χ2v) is 14.8. The summed E-state index contributed by atoms with van der Waals surface area (Å²) >= 11 is 7.82. The molecule has 2 heterocycles. The summed E-state index contributed by atoms with van der Waals surface area (Å²) in [5.74, 6) is -0.0742. The van der Waals surface area contributed by atoms with Crippen LogP contribution in [0.3, 0.4) is 0 Å². The lowest BCUT2D eigenvalue weighted by molar-refractivity contribution is -0.218. The molecule has 2 fully saturated rings. The van der Waals surface area contributed by atoms with Crippen molar-refractivity contribution >= 4 is 47.6 Å². The summed E-state index contributed by atoms with van der Waals surface area (Å²) in [6.45, 7) is 7.01. The predicted molar refractivity (Wildman–Crippen MR) is 188 cm³/mol. The number of carbonyl (C=O) groups excluding carboxylic acids is 2. The highest BCUT2D eigenvalue weighted by atomic mass is 35.5. The number of thioether (sulfide) groups is 1. The molecule has 8 nitrogen and oxygen atoms in total. The Morgan fingerprint density at radius 1 is 0.956 bits per heavy atom. The third-order valence-electron chi connectivity index (χ3n) is 9.36. The average molecular weight is 700 g/mol. The molecular weight excluding hydrogens is 635 g/mol. The Morgan fingerprint density at radius 2 is 1.51 bits per heavy atom. The lowest BCUT2D eigenvalue weighted by atomic mass is 9.92. The predicted octanol–water partition coefficient (Wildman–Crippen LogP) is 6.84. The Kier molecular flexibility index (Phi) is 22.7. The van der Waals surface area contributed by atoms with E-state index in [0.29, 0.717) is 5.92 Å². The van der Waals surface area contributed by atoms with Crippen molar-refractivity contribution in [1.82, 2.24) is 10.2 Å². The fourth-order valence-electron chi connectivity index (χ4n) is 6.72. The van der Waals surface area contributed by atoms with Gasteiger partial charge in [0.1, 0.15) is 23.7 Å². The molecule has 0 saturated carbocycles. The minimum atomic E-state index is -1.38. The van der Waals surface area contributed by atoms with Crippen molar-refractivity contribution in [3.05, 3.63) is 0 Å². The molecule has 1 amide bonds. The van der Waals surface area contributed by atoms with E-state index >= 15 is 0 Å². The van der Waals surface area contributed by atoms with E-state index in [0.717, 1.165) is 45.1 Å². The molecule has 2 aliphatic heterocycles. The molecule has 0 bridgehead atoms. The fourth-order valence-corrected chi connectivity index (χ4v) is 7.65. The molecule has 3 N–H and O–H groups in total. The van der Waals surface area contributed by atoms with E-state index in [4.69, 9.17) is 21.1 Å². The van der Waals surface area contributed by atoms with Crippen molar-refractivity contribution in [2.45, 2.75) is 177 Å². The second-order valence-electron chi connectivity index (χ2n) is 13.2. The minimum Gasteiger partial charge on any atom is -0.456 e. The van der Waals surface area contributed by atoms with Gasteiger partial charge in [-0.3, -0.25) is 14.5 Å². The first kappa shape index (κ1) is 42.7. The average Bonchev–Trinajstić information content (AvgIpc) is 3.36. The molecule has 0 aromatic carbocycles. The van der Waals surface area contributed by atoms with Crippen LogP contribution >= 0.6 is 35.8 Å². The van der Waals surface area contributed by atoms with E-state index in [1.54, 1.807) is 13.2 Å². The van der Waals surface area contributed by atoms with Crippen molar-refractivity contribution in [2.75, 3.05) is 19.8 Å². The van der Waals surface area contributed by atoms with Crippen molar-refractivity contribution < 1.29 is 29.3 Å². The van der Waals surface area contributed by atoms with Gasteiger partial charge in [-0.1, -0.05) is 97.3 Å². The molecule has 0 aliphatic carbocycles. The SMILES string of the molecule is CCCCCCCCCCCCCCCC(=O)O[C@@H]1[C@@H](O)[C@@H](O)[C@@H]([C@H](NC(=O)[C@@H]2C[C@@H](CCC)CN2C)[C@@H](C)Cl)O[C@@H]1SC.Cl. The summed E-state index contributed by atoms with van der Waals surface area (Å²) in [6, 6.07) is -1.00. The minimum absolute atomic E-state index is 0. The highest BCUT2D eigenvalue weighted by Gasteiger charge is 2.50. The van der Waals surface area contributed by atoms with Gasteiger partial charge in [-0.2, -0.15) is 0 Å². The van der Waals surface area contributed by atoms with Gasteiger partial charge in [0.2, 0.25) is 5.91 Å². The quantitative estimate of drug-likeness (QED) is 0.0641. The Labute approximate surface area is 289 Å². The summed E-state index contributed by atoms with van der Waals surface area (Å²) in [6.07, 6.45) is 16.3. The third-order valence-corrected chi connectivity index (χ3v) is 10.5. The summed E-state index contributed by atoms with van der Waals surface area (Å²) in [7, 11) is 1.95. The van der Waals surface area contributed by atoms with Crippen molar-refractivity contribution in [2.24, 2.45) is 5.92 Å². The zero-order valence-electron chi connectivity index (χ0n) is 28.6.